The average molecular weight is 399 g/mol. The lowest BCUT2D eigenvalue weighted by Gasteiger charge is -2.09. The van der Waals surface area contributed by atoms with Crippen LogP contribution >= 0.6 is 35.6 Å². The van der Waals surface area contributed by atoms with Gasteiger partial charge in [0.05, 0.1) is 39.7 Å². The monoisotopic (exact) mass is 397 g/mol. The SMILES string of the molecule is CC(=O)Cn1cnc2c(NC(=O)c3c(Cl)cccc3Cl)cccc21.Cl. The summed E-state index contributed by atoms with van der Waals surface area (Å²) in [6.07, 6.45) is 1.57. The fraction of sp³-hybridized carbons (Fsp3) is 0.118. The highest BCUT2D eigenvalue weighted by atomic mass is 35.5. The van der Waals surface area contributed by atoms with Gasteiger partial charge in [-0.1, -0.05) is 35.3 Å². The van der Waals surface area contributed by atoms with Crippen LogP contribution in [-0.4, -0.2) is 21.2 Å². The van der Waals surface area contributed by atoms with E-state index in [2.05, 4.69) is 10.3 Å². The molecule has 3 aromatic rings. The van der Waals surface area contributed by atoms with Crippen molar-refractivity contribution in [2.24, 2.45) is 0 Å². The second kappa shape index (κ2) is 7.87. The fourth-order valence-electron chi connectivity index (χ4n) is 2.45. The first-order valence-electron chi connectivity index (χ1n) is 7.16. The summed E-state index contributed by atoms with van der Waals surface area (Å²) in [4.78, 5) is 28.1. The molecule has 0 aliphatic heterocycles. The number of nitrogens with one attached hydrogen (secondary N) is 1. The van der Waals surface area contributed by atoms with Gasteiger partial charge < -0.3 is 9.88 Å². The molecule has 0 atom stereocenters. The van der Waals surface area contributed by atoms with Gasteiger partial charge in [0.15, 0.2) is 0 Å². The number of rotatable bonds is 4. The van der Waals surface area contributed by atoms with Gasteiger partial charge in [0.2, 0.25) is 0 Å². The maximum atomic E-state index is 12.5. The van der Waals surface area contributed by atoms with Crippen molar-refractivity contribution in [1.29, 1.82) is 0 Å². The molecule has 0 saturated heterocycles. The second-order valence-corrected chi connectivity index (χ2v) is 6.11. The summed E-state index contributed by atoms with van der Waals surface area (Å²) in [6, 6.07) is 10.2. The van der Waals surface area contributed by atoms with Crippen LogP contribution in [0, 0.1) is 0 Å². The molecule has 0 unspecified atom stereocenters. The zero-order chi connectivity index (χ0) is 17.3. The number of Topliss-reactive ketones (excluding diaryl/α,β-unsaturated/α-hetero) is 1. The third-order valence-electron chi connectivity index (χ3n) is 3.48. The second-order valence-electron chi connectivity index (χ2n) is 5.30. The number of halogens is 3. The predicted octanol–water partition coefficient (Wildman–Crippen LogP) is 4.61. The number of hydrogen-bond acceptors (Lipinski definition) is 3. The zero-order valence-electron chi connectivity index (χ0n) is 13.1. The van der Waals surface area contributed by atoms with Crippen molar-refractivity contribution in [3.05, 3.63) is 58.3 Å². The molecule has 0 fully saturated rings. The standard InChI is InChI=1S/C17H13Cl2N3O2.ClH/c1-10(23)8-22-9-20-16-13(6-3-7-14(16)22)21-17(24)15-11(18)4-2-5-12(15)19;/h2-7,9H,8H2,1H3,(H,21,24);1H. The summed E-state index contributed by atoms with van der Waals surface area (Å²) in [5.41, 5.74) is 2.08. The van der Waals surface area contributed by atoms with Crippen molar-refractivity contribution in [2.45, 2.75) is 13.5 Å². The van der Waals surface area contributed by atoms with Crippen LogP contribution in [0.15, 0.2) is 42.7 Å². The van der Waals surface area contributed by atoms with Gasteiger partial charge in [-0.2, -0.15) is 0 Å². The van der Waals surface area contributed by atoms with E-state index in [0.29, 0.717) is 11.2 Å². The molecule has 0 bridgehead atoms. The Morgan fingerprint density at radius 1 is 1.12 bits per heavy atom. The van der Waals surface area contributed by atoms with Crippen LogP contribution < -0.4 is 5.32 Å². The molecule has 0 aliphatic rings. The Balaban J connectivity index is 0.00000225. The Labute approximate surface area is 160 Å². The number of hydrogen-bond donors (Lipinski definition) is 1. The van der Waals surface area contributed by atoms with Gasteiger partial charge in [-0.3, -0.25) is 9.59 Å². The molecule has 5 nitrogen and oxygen atoms in total. The third-order valence-corrected chi connectivity index (χ3v) is 4.11. The molecular formula is C17H14Cl3N3O2. The average Bonchev–Trinajstić information content (AvgIpc) is 2.90. The maximum absolute atomic E-state index is 12.5. The normalized spacial score (nSPS) is 10.4. The van der Waals surface area contributed by atoms with Crippen molar-refractivity contribution in [1.82, 2.24) is 9.55 Å². The smallest absolute Gasteiger partial charge is 0.258 e. The minimum Gasteiger partial charge on any atom is -0.323 e. The molecule has 130 valence electrons. The number of amides is 1. The quantitative estimate of drug-likeness (QED) is 0.698. The van der Waals surface area contributed by atoms with Crippen LogP contribution in [0.4, 0.5) is 5.69 Å². The highest BCUT2D eigenvalue weighted by Gasteiger charge is 2.17. The van der Waals surface area contributed by atoms with Gasteiger partial charge in [-0.15, -0.1) is 12.4 Å². The topological polar surface area (TPSA) is 64.0 Å². The number of para-hydroxylation sites is 1. The molecule has 1 heterocycles. The first kappa shape index (κ1) is 19.2. The summed E-state index contributed by atoms with van der Waals surface area (Å²) < 4.78 is 1.73. The Hall–Kier alpha value is -2.08. The molecule has 1 N–H and O–H groups in total. The molecule has 0 aliphatic carbocycles. The van der Waals surface area contributed by atoms with Crippen LogP contribution in [0.3, 0.4) is 0 Å². The van der Waals surface area contributed by atoms with E-state index >= 15 is 0 Å². The minimum atomic E-state index is -0.417. The molecule has 0 spiro atoms. The Morgan fingerprint density at radius 2 is 1.76 bits per heavy atom. The minimum absolute atomic E-state index is 0. The summed E-state index contributed by atoms with van der Waals surface area (Å²) >= 11 is 12.1. The summed E-state index contributed by atoms with van der Waals surface area (Å²) in [5, 5.41) is 3.33. The lowest BCUT2D eigenvalue weighted by atomic mass is 10.2. The van der Waals surface area contributed by atoms with Gasteiger partial charge in [0.1, 0.15) is 11.3 Å². The molecular weight excluding hydrogens is 385 g/mol. The van der Waals surface area contributed by atoms with E-state index in [9.17, 15) is 9.59 Å². The first-order valence-corrected chi connectivity index (χ1v) is 7.91. The van der Waals surface area contributed by atoms with Crippen molar-refractivity contribution in [3.8, 4) is 0 Å². The summed E-state index contributed by atoms with van der Waals surface area (Å²) in [6.45, 7) is 1.74. The van der Waals surface area contributed by atoms with E-state index in [4.69, 9.17) is 23.2 Å². The van der Waals surface area contributed by atoms with E-state index in [1.54, 1.807) is 41.2 Å². The molecule has 0 radical (unpaired) electrons. The number of benzene rings is 2. The van der Waals surface area contributed by atoms with Gasteiger partial charge in [-0.25, -0.2) is 4.98 Å². The van der Waals surface area contributed by atoms with E-state index in [-0.39, 0.29) is 40.3 Å². The molecule has 25 heavy (non-hydrogen) atoms. The van der Waals surface area contributed by atoms with Crippen molar-refractivity contribution in [2.75, 3.05) is 5.32 Å². The highest BCUT2D eigenvalue weighted by Crippen LogP contribution is 2.27. The maximum Gasteiger partial charge on any atom is 0.258 e. The summed E-state index contributed by atoms with van der Waals surface area (Å²) in [7, 11) is 0. The van der Waals surface area contributed by atoms with Crippen LogP contribution in [0.2, 0.25) is 10.0 Å². The number of anilines is 1. The van der Waals surface area contributed by atoms with Crippen LogP contribution in [0.1, 0.15) is 17.3 Å². The number of imidazole rings is 1. The number of ketones is 1. The largest absolute Gasteiger partial charge is 0.323 e. The molecule has 1 amide bonds. The molecule has 8 heteroatoms. The molecule has 3 rings (SSSR count). The lowest BCUT2D eigenvalue weighted by Crippen LogP contribution is -2.13. The number of carbonyl (C=O) groups excluding carboxylic acids is 2. The fourth-order valence-corrected chi connectivity index (χ4v) is 3.02. The van der Waals surface area contributed by atoms with E-state index in [0.717, 1.165) is 5.52 Å². The molecule has 2 aromatic carbocycles. The third kappa shape index (κ3) is 3.95. The predicted molar refractivity (Wildman–Crippen MR) is 102 cm³/mol. The van der Waals surface area contributed by atoms with Crippen molar-refractivity contribution < 1.29 is 9.59 Å². The van der Waals surface area contributed by atoms with Crippen LogP contribution in [0.25, 0.3) is 11.0 Å². The number of fused-ring (bicyclic) bond motifs is 1. The van der Waals surface area contributed by atoms with E-state index in [1.807, 2.05) is 6.07 Å². The Kier molecular flexibility index (Phi) is 6.06. The number of carbonyl (C=O) groups is 2. The van der Waals surface area contributed by atoms with Crippen LogP contribution in [-0.2, 0) is 11.3 Å². The summed E-state index contributed by atoms with van der Waals surface area (Å²) in [5.74, 6) is -0.397. The zero-order valence-corrected chi connectivity index (χ0v) is 15.5. The van der Waals surface area contributed by atoms with Gasteiger partial charge in [0, 0.05) is 0 Å². The molecule has 0 saturated carbocycles. The Bertz CT molecular complexity index is 933. The van der Waals surface area contributed by atoms with Crippen LogP contribution in [0.5, 0.6) is 0 Å². The van der Waals surface area contributed by atoms with E-state index in [1.165, 1.54) is 6.92 Å². The number of nitrogens with zero attached hydrogens (tertiary/aromatic N) is 2. The lowest BCUT2D eigenvalue weighted by molar-refractivity contribution is -0.117. The number of aromatic nitrogens is 2. The van der Waals surface area contributed by atoms with E-state index < -0.39 is 5.91 Å². The van der Waals surface area contributed by atoms with Crippen molar-refractivity contribution >= 4 is 64.0 Å². The van der Waals surface area contributed by atoms with Gasteiger partial charge in [0.25, 0.3) is 5.91 Å². The highest BCUT2D eigenvalue weighted by molar-refractivity contribution is 6.40. The van der Waals surface area contributed by atoms with Gasteiger partial charge in [-0.05, 0) is 31.2 Å². The van der Waals surface area contributed by atoms with Crippen molar-refractivity contribution in [3.63, 3.8) is 0 Å². The van der Waals surface area contributed by atoms with Gasteiger partial charge >= 0.3 is 0 Å². The Morgan fingerprint density at radius 3 is 2.40 bits per heavy atom. The molecule has 1 aromatic heterocycles. The first-order chi connectivity index (χ1) is 11.5.